The van der Waals surface area contributed by atoms with E-state index in [1.165, 1.54) is 63.8 Å². The van der Waals surface area contributed by atoms with Crippen LogP contribution in [0.15, 0.2) is 97.1 Å². The molecule has 0 amide bonds. The molecule has 4 aromatic carbocycles. The van der Waals surface area contributed by atoms with E-state index >= 15 is 0 Å². The third kappa shape index (κ3) is 7.18. The fraction of sp³-hybridized carbons (Fsp3) is 0.273. The third-order valence-corrected chi connectivity index (χ3v) is 7.70. The maximum absolute atomic E-state index is 10.3. The molecule has 192 valence electrons. The predicted molar refractivity (Wildman–Crippen MR) is 155 cm³/mol. The summed E-state index contributed by atoms with van der Waals surface area (Å²) in [5.74, 6) is -0.0842. The Morgan fingerprint density at radius 3 is 1.86 bits per heavy atom. The van der Waals surface area contributed by atoms with Crippen LogP contribution in [0.5, 0.6) is 0 Å². The number of rotatable bonds is 9. The number of hydrogen-bond donors (Lipinski definition) is 1. The third-order valence-electron chi connectivity index (χ3n) is 6.89. The molecule has 0 spiro atoms. The van der Waals surface area contributed by atoms with Gasteiger partial charge in [0.15, 0.2) is 0 Å². The van der Waals surface area contributed by atoms with E-state index in [0.717, 1.165) is 19.3 Å². The van der Waals surface area contributed by atoms with Crippen LogP contribution in [-0.4, -0.2) is 18.7 Å². The van der Waals surface area contributed by atoms with Gasteiger partial charge >= 0.3 is 0 Å². The van der Waals surface area contributed by atoms with Gasteiger partial charge in [-0.05, 0) is 57.3 Å². The van der Waals surface area contributed by atoms with Crippen LogP contribution in [0.25, 0.3) is 33.4 Å². The Balaban J connectivity index is 0.000000229. The molecule has 4 aromatic rings. The van der Waals surface area contributed by atoms with Gasteiger partial charge in [0.2, 0.25) is 0 Å². The quantitative estimate of drug-likeness (QED) is 0.158. The molecule has 0 fully saturated rings. The molecule has 1 aliphatic rings. The molecule has 1 aliphatic carbocycles. The lowest BCUT2D eigenvalue weighted by molar-refractivity contribution is 0.478. The Morgan fingerprint density at radius 1 is 0.622 bits per heavy atom. The van der Waals surface area contributed by atoms with Gasteiger partial charge in [-0.25, -0.2) is 0 Å². The highest BCUT2D eigenvalue weighted by Gasteiger charge is 2.23. The molecule has 4 heteroatoms. The minimum atomic E-state index is -3.72. The highest BCUT2D eigenvalue weighted by Crippen LogP contribution is 2.45. The Kier molecular flexibility index (Phi) is 9.32. The first kappa shape index (κ1) is 26.8. The van der Waals surface area contributed by atoms with Gasteiger partial charge in [0.1, 0.15) is 0 Å². The second-order valence-electron chi connectivity index (χ2n) is 9.63. The van der Waals surface area contributed by atoms with E-state index in [0.29, 0.717) is 6.42 Å². The second kappa shape index (κ2) is 12.8. The van der Waals surface area contributed by atoms with Crippen LogP contribution in [0.4, 0.5) is 0 Å². The number of benzene rings is 4. The van der Waals surface area contributed by atoms with Gasteiger partial charge in [0.05, 0.1) is 5.75 Å². The summed E-state index contributed by atoms with van der Waals surface area (Å²) in [6, 6.07) is 34.9. The molecule has 1 N–H and O–H groups in total. The highest BCUT2D eigenvalue weighted by molar-refractivity contribution is 7.85. The lowest BCUT2D eigenvalue weighted by Gasteiger charge is -2.16. The smallest absolute Gasteiger partial charge is 0.264 e. The van der Waals surface area contributed by atoms with Crippen LogP contribution in [0.2, 0.25) is 0 Å². The van der Waals surface area contributed by atoms with E-state index < -0.39 is 10.1 Å². The zero-order valence-corrected chi connectivity index (χ0v) is 22.4. The van der Waals surface area contributed by atoms with Gasteiger partial charge in [-0.15, -0.1) is 0 Å². The SMILES string of the molecule is CCCCCCCCS(=O)(=O)O.c1ccc(-c2ccc3c(c2-c2ccccc2)Cc2ccccc2-3)cc1. The van der Waals surface area contributed by atoms with Crippen molar-refractivity contribution < 1.29 is 13.0 Å². The first-order valence-corrected chi connectivity index (χ1v) is 14.9. The lowest BCUT2D eigenvalue weighted by atomic mass is 9.88. The molecular formula is C33H36O3S. The standard InChI is InChI=1S/C25H18.C8H18O3S/c1-3-9-18(10-4-1)22-15-16-23-21-14-8-7-13-20(21)17-24(23)25(22)19-11-5-2-6-12-19;1-2-3-4-5-6-7-8-12(9,10)11/h1-16H,17H2;2-8H2,1H3,(H,9,10,11). The second-order valence-corrected chi connectivity index (χ2v) is 11.2. The van der Waals surface area contributed by atoms with E-state index in [1.54, 1.807) is 0 Å². The summed E-state index contributed by atoms with van der Waals surface area (Å²) in [6.07, 6.45) is 7.15. The molecule has 0 heterocycles. The average molecular weight is 513 g/mol. The summed E-state index contributed by atoms with van der Waals surface area (Å²) in [5, 5.41) is 0. The van der Waals surface area contributed by atoms with Crippen molar-refractivity contribution in [2.24, 2.45) is 0 Å². The van der Waals surface area contributed by atoms with E-state index in [9.17, 15) is 8.42 Å². The van der Waals surface area contributed by atoms with Crippen LogP contribution in [0.3, 0.4) is 0 Å². The van der Waals surface area contributed by atoms with Gasteiger partial charge in [0.25, 0.3) is 10.1 Å². The minimum absolute atomic E-state index is 0.0842. The van der Waals surface area contributed by atoms with Crippen LogP contribution in [0, 0.1) is 0 Å². The summed E-state index contributed by atoms with van der Waals surface area (Å²) in [4.78, 5) is 0. The summed E-state index contributed by atoms with van der Waals surface area (Å²) < 4.78 is 28.9. The Labute approximate surface area is 222 Å². The van der Waals surface area contributed by atoms with Crippen molar-refractivity contribution in [3.05, 3.63) is 108 Å². The zero-order valence-electron chi connectivity index (χ0n) is 21.6. The molecule has 0 aromatic heterocycles. The Hall–Kier alpha value is -3.21. The van der Waals surface area contributed by atoms with Crippen LogP contribution in [-0.2, 0) is 16.5 Å². The van der Waals surface area contributed by atoms with E-state index in [4.69, 9.17) is 4.55 Å². The largest absolute Gasteiger partial charge is 0.286 e. The molecule has 0 bridgehead atoms. The Bertz CT molecular complexity index is 1390. The number of hydrogen-bond acceptors (Lipinski definition) is 2. The maximum atomic E-state index is 10.3. The van der Waals surface area contributed by atoms with E-state index in [-0.39, 0.29) is 5.75 Å². The lowest BCUT2D eigenvalue weighted by Crippen LogP contribution is -2.03. The number of unbranched alkanes of at least 4 members (excludes halogenated alkanes) is 5. The molecular weight excluding hydrogens is 476 g/mol. The van der Waals surface area contributed by atoms with Gasteiger partial charge in [-0.1, -0.05) is 136 Å². The molecule has 0 saturated heterocycles. The van der Waals surface area contributed by atoms with Crippen molar-refractivity contribution >= 4 is 10.1 Å². The summed E-state index contributed by atoms with van der Waals surface area (Å²) in [5.41, 5.74) is 10.9. The molecule has 37 heavy (non-hydrogen) atoms. The van der Waals surface area contributed by atoms with Gasteiger partial charge in [-0.2, -0.15) is 8.42 Å². The van der Waals surface area contributed by atoms with Crippen molar-refractivity contribution in [1.29, 1.82) is 0 Å². The molecule has 0 radical (unpaired) electrons. The normalized spacial score (nSPS) is 11.8. The first-order chi connectivity index (χ1) is 18.0. The monoisotopic (exact) mass is 512 g/mol. The number of fused-ring (bicyclic) bond motifs is 3. The zero-order chi connectivity index (χ0) is 26.1. The average Bonchev–Trinajstić information content (AvgIpc) is 3.30. The maximum Gasteiger partial charge on any atom is 0.264 e. The van der Waals surface area contributed by atoms with Crippen molar-refractivity contribution in [2.45, 2.75) is 51.9 Å². The summed E-state index contributed by atoms with van der Waals surface area (Å²) in [6.45, 7) is 2.14. The van der Waals surface area contributed by atoms with Gasteiger partial charge in [0, 0.05) is 0 Å². The van der Waals surface area contributed by atoms with E-state index in [2.05, 4.69) is 104 Å². The predicted octanol–water partition coefficient (Wildman–Crippen LogP) is 8.83. The van der Waals surface area contributed by atoms with Crippen molar-refractivity contribution in [1.82, 2.24) is 0 Å². The van der Waals surface area contributed by atoms with Crippen LogP contribution in [0.1, 0.15) is 56.6 Å². The highest BCUT2D eigenvalue weighted by atomic mass is 32.2. The fourth-order valence-electron chi connectivity index (χ4n) is 5.07. The molecule has 0 atom stereocenters. The molecule has 5 rings (SSSR count). The first-order valence-electron chi connectivity index (χ1n) is 13.3. The summed E-state index contributed by atoms with van der Waals surface area (Å²) in [7, 11) is -3.72. The van der Waals surface area contributed by atoms with Crippen LogP contribution < -0.4 is 0 Å². The van der Waals surface area contributed by atoms with Crippen molar-refractivity contribution in [3.8, 4) is 33.4 Å². The summed E-state index contributed by atoms with van der Waals surface area (Å²) >= 11 is 0. The Morgan fingerprint density at radius 2 is 1.19 bits per heavy atom. The van der Waals surface area contributed by atoms with Gasteiger partial charge in [-0.3, -0.25) is 4.55 Å². The molecule has 0 unspecified atom stereocenters. The molecule has 0 aliphatic heterocycles. The fourth-order valence-corrected chi connectivity index (χ4v) is 5.64. The van der Waals surface area contributed by atoms with Crippen LogP contribution >= 0.6 is 0 Å². The van der Waals surface area contributed by atoms with Crippen molar-refractivity contribution in [2.75, 3.05) is 5.75 Å². The van der Waals surface area contributed by atoms with Crippen molar-refractivity contribution in [3.63, 3.8) is 0 Å². The topological polar surface area (TPSA) is 54.4 Å². The minimum Gasteiger partial charge on any atom is -0.286 e. The van der Waals surface area contributed by atoms with E-state index in [1.807, 2.05) is 0 Å². The van der Waals surface area contributed by atoms with Gasteiger partial charge < -0.3 is 0 Å². The molecule has 0 saturated carbocycles. The molecule has 3 nitrogen and oxygen atoms in total.